The summed E-state index contributed by atoms with van der Waals surface area (Å²) in [7, 11) is 0. The predicted molar refractivity (Wildman–Crippen MR) is 107 cm³/mol. The first kappa shape index (κ1) is 18.3. The third kappa shape index (κ3) is 3.29. The molecule has 4 rings (SSSR count). The summed E-state index contributed by atoms with van der Waals surface area (Å²) >= 11 is 0. The highest BCUT2D eigenvalue weighted by molar-refractivity contribution is 5.66. The molecule has 3 heterocycles. The number of benzene rings is 1. The van der Waals surface area contributed by atoms with E-state index in [4.69, 9.17) is 9.47 Å². The molecule has 0 N–H and O–H groups in total. The molecule has 0 aliphatic carbocycles. The molecule has 3 aliphatic rings. The minimum Gasteiger partial charge on any atom is -0.371 e. The molecular formula is C23H35NO2. The van der Waals surface area contributed by atoms with Gasteiger partial charge >= 0.3 is 0 Å². The van der Waals surface area contributed by atoms with Crippen LogP contribution in [0.15, 0.2) is 12.1 Å². The lowest BCUT2D eigenvalue weighted by Gasteiger charge is -2.44. The van der Waals surface area contributed by atoms with Gasteiger partial charge in [-0.05, 0) is 59.1 Å². The first-order valence-electron chi connectivity index (χ1n) is 10.4. The highest BCUT2D eigenvalue weighted by atomic mass is 16.7. The Hall–Kier alpha value is -1.06. The Balaban J connectivity index is 1.60. The van der Waals surface area contributed by atoms with Gasteiger partial charge in [0.1, 0.15) is 6.79 Å². The van der Waals surface area contributed by atoms with Gasteiger partial charge in [-0.25, -0.2) is 0 Å². The maximum absolute atomic E-state index is 5.83. The van der Waals surface area contributed by atoms with Crippen molar-refractivity contribution in [1.82, 2.24) is 0 Å². The van der Waals surface area contributed by atoms with Gasteiger partial charge < -0.3 is 14.4 Å². The minimum atomic E-state index is 0.169. The Morgan fingerprint density at radius 3 is 2.65 bits per heavy atom. The Bertz CT molecular complexity index is 668. The van der Waals surface area contributed by atoms with E-state index in [-0.39, 0.29) is 16.9 Å². The van der Waals surface area contributed by atoms with Crippen LogP contribution in [0.3, 0.4) is 0 Å². The van der Waals surface area contributed by atoms with Crippen LogP contribution in [0.1, 0.15) is 64.2 Å². The number of rotatable bonds is 3. The lowest BCUT2D eigenvalue weighted by atomic mass is 9.73. The number of hydrogen-bond donors (Lipinski definition) is 0. The lowest BCUT2D eigenvalue weighted by Crippen LogP contribution is -2.43. The summed E-state index contributed by atoms with van der Waals surface area (Å²) in [6.45, 7) is 15.4. The van der Waals surface area contributed by atoms with Crippen molar-refractivity contribution < 1.29 is 9.47 Å². The zero-order valence-electron chi connectivity index (χ0n) is 17.2. The molecule has 3 nitrogen and oxygen atoms in total. The number of anilines is 1. The fourth-order valence-electron chi connectivity index (χ4n) is 5.42. The molecule has 26 heavy (non-hydrogen) atoms. The minimum absolute atomic E-state index is 0.169. The zero-order chi connectivity index (χ0) is 18.5. The summed E-state index contributed by atoms with van der Waals surface area (Å²) in [5.41, 5.74) is 6.73. The van der Waals surface area contributed by atoms with Gasteiger partial charge in [0.15, 0.2) is 0 Å². The molecule has 0 bridgehead atoms. The Labute approximate surface area is 159 Å². The molecule has 2 unspecified atom stereocenters. The second-order valence-electron chi connectivity index (χ2n) is 10.3. The van der Waals surface area contributed by atoms with Crippen LogP contribution in [0.5, 0.6) is 0 Å². The van der Waals surface area contributed by atoms with E-state index in [1.165, 1.54) is 38.8 Å². The first-order chi connectivity index (χ1) is 12.3. The second kappa shape index (κ2) is 6.53. The summed E-state index contributed by atoms with van der Waals surface area (Å²) in [6.07, 6.45) is 5.18. The predicted octanol–water partition coefficient (Wildman–Crippen LogP) is 4.70. The highest BCUT2D eigenvalue weighted by Crippen LogP contribution is 2.44. The standard InChI is InChI=1S/C23H35NO2/c1-22(2,3)19-9-8-17-11-16(12-23(4,5)20-14-25-15-26-20)13-24-10-6-7-18(19)21(17)24/h8-9,16,20H,6-7,10-15H2,1-5H3. The van der Waals surface area contributed by atoms with Crippen LogP contribution in [0.2, 0.25) is 0 Å². The van der Waals surface area contributed by atoms with E-state index in [1.807, 2.05) is 0 Å². The van der Waals surface area contributed by atoms with E-state index in [2.05, 4.69) is 51.7 Å². The third-order valence-corrected chi connectivity index (χ3v) is 6.64. The topological polar surface area (TPSA) is 21.7 Å². The third-order valence-electron chi connectivity index (χ3n) is 6.64. The average Bonchev–Trinajstić information content (AvgIpc) is 3.09. The molecule has 0 radical (unpaired) electrons. The van der Waals surface area contributed by atoms with Crippen LogP contribution in [0.25, 0.3) is 0 Å². The Morgan fingerprint density at radius 2 is 1.96 bits per heavy atom. The van der Waals surface area contributed by atoms with Crippen molar-refractivity contribution in [2.45, 2.75) is 71.8 Å². The van der Waals surface area contributed by atoms with Crippen LogP contribution in [-0.4, -0.2) is 32.6 Å². The van der Waals surface area contributed by atoms with E-state index in [0.29, 0.717) is 12.7 Å². The van der Waals surface area contributed by atoms with Gasteiger partial charge in [-0.15, -0.1) is 0 Å². The van der Waals surface area contributed by atoms with E-state index < -0.39 is 0 Å². The molecule has 0 aromatic heterocycles. The van der Waals surface area contributed by atoms with Crippen molar-refractivity contribution in [3.63, 3.8) is 0 Å². The van der Waals surface area contributed by atoms with Gasteiger partial charge in [0.05, 0.1) is 12.7 Å². The fourth-order valence-corrected chi connectivity index (χ4v) is 5.42. The number of ether oxygens (including phenoxy) is 2. The van der Waals surface area contributed by atoms with Gasteiger partial charge in [-0.3, -0.25) is 0 Å². The van der Waals surface area contributed by atoms with E-state index in [1.54, 1.807) is 22.4 Å². The summed E-state index contributed by atoms with van der Waals surface area (Å²) < 4.78 is 11.3. The second-order valence-corrected chi connectivity index (χ2v) is 10.3. The van der Waals surface area contributed by atoms with Gasteiger partial charge in [0, 0.05) is 18.8 Å². The van der Waals surface area contributed by atoms with E-state index >= 15 is 0 Å². The summed E-state index contributed by atoms with van der Waals surface area (Å²) in [4.78, 5) is 2.69. The molecule has 3 heteroatoms. The molecular weight excluding hydrogens is 322 g/mol. The summed E-state index contributed by atoms with van der Waals surface area (Å²) in [5.74, 6) is 0.702. The normalized spacial score (nSPS) is 26.1. The number of nitrogens with zero attached hydrogens (tertiary/aromatic N) is 1. The van der Waals surface area contributed by atoms with Crippen LogP contribution < -0.4 is 4.90 Å². The molecule has 0 spiro atoms. The van der Waals surface area contributed by atoms with Crippen LogP contribution in [-0.2, 0) is 27.7 Å². The van der Waals surface area contributed by atoms with Gasteiger partial charge in [0.2, 0.25) is 0 Å². The summed E-state index contributed by atoms with van der Waals surface area (Å²) in [5, 5.41) is 0. The Morgan fingerprint density at radius 1 is 1.15 bits per heavy atom. The molecule has 0 amide bonds. The van der Waals surface area contributed by atoms with Crippen LogP contribution in [0, 0.1) is 11.3 Å². The van der Waals surface area contributed by atoms with Crippen molar-refractivity contribution >= 4 is 5.69 Å². The average molecular weight is 358 g/mol. The fraction of sp³-hybridized carbons (Fsp3) is 0.739. The zero-order valence-corrected chi connectivity index (χ0v) is 17.2. The van der Waals surface area contributed by atoms with Crippen molar-refractivity contribution in [1.29, 1.82) is 0 Å². The molecule has 2 atom stereocenters. The first-order valence-corrected chi connectivity index (χ1v) is 10.4. The van der Waals surface area contributed by atoms with E-state index in [9.17, 15) is 0 Å². The molecule has 3 aliphatic heterocycles. The smallest absolute Gasteiger partial charge is 0.147 e. The molecule has 144 valence electrons. The van der Waals surface area contributed by atoms with Gasteiger partial charge in [-0.2, -0.15) is 0 Å². The summed E-state index contributed by atoms with van der Waals surface area (Å²) in [6, 6.07) is 4.84. The van der Waals surface area contributed by atoms with Crippen molar-refractivity contribution in [3.05, 3.63) is 28.8 Å². The monoisotopic (exact) mass is 357 g/mol. The molecule has 1 fully saturated rings. The van der Waals surface area contributed by atoms with Crippen LogP contribution >= 0.6 is 0 Å². The van der Waals surface area contributed by atoms with Gasteiger partial charge in [0.25, 0.3) is 0 Å². The Kier molecular flexibility index (Phi) is 4.60. The maximum atomic E-state index is 5.83. The number of hydrogen-bond acceptors (Lipinski definition) is 3. The molecule has 0 saturated carbocycles. The molecule has 1 saturated heterocycles. The maximum Gasteiger partial charge on any atom is 0.147 e. The van der Waals surface area contributed by atoms with Crippen LogP contribution in [0.4, 0.5) is 5.69 Å². The SMILES string of the molecule is CC(C)(C)c1ccc2c3c1CCCN3CC(CC(C)(C)C1COCO1)C2. The van der Waals surface area contributed by atoms with E-state index in [0.717, 1.165) is 6.61 Å². The van der Waals surface area contributed by atoms with Gasteiger partial charge in [-0.1, -0.05) is 46.8 Å². The van der Waals surface area contributed by atoms with Crippen molar-refractivity contribution in [3.8, 4) is 0 Å². The van der Waals surface area contributed by atoms with Crippen molar-refractivity contribution in [2.75, 3.05) is 31.4 Å². The molecule has 1 aromatic carbocycles. The largest absolute Gasteiger partial charge is 0.371 e. The molecule has 1 aromatic rings. The lowest BCUT2D eigenvalue weighted by molar-refractivity contribution is -0.00562. The highest BCUT2D eigenvalue weighted by Gasteiger charge is 2.39. The van der Waals surface area contributed by atoms with Crippen molar-refractivity contribution in [2.24, 2.45) is 11.3 Å². The quantitative estimate of drug-likeness (QED) is 0.783.